The predicted molar refractivity (Wildman–Crippen MR) is 43.8 cm³/mol. The first-order valence-corrected chi connectivity index (χ1v) is 3.87. The van der Waals surface area contributed by atoms with Crippen LogP contribution in [0.5, 0.6) is 0 Å². The molecule has 62 valence electrons. The van der Waals surface area contributed by atoms with Crippen LogP contribution in [-0.4, -0.2) is 6.79 Å². The van der Waals surface area contributed by atoms with E-state index in [4.69, 9.17) is 9.47 Å². The van der Waals surface area contributed by atoms with E-state index in [2.05, 4.69) is 13.8 Å². The summed E-state index contributed by atoms with van der Waals surface area (Å²) in [6.07, 6.45) is 3.09. The first-order valence-electron chi connectivity index (χ1n) is 3.87. The molecule has 0 amide bonds. The number of rotatable bonds is 2. The molecule has 0 unspecified atom stereocenters. The van der Waals surface area contributed by atoms with E-state index in [1.54, 1.807) is 0 Å². The van der Waals surface area contributed by atoms with E-state index >= 15 is 0 Å². The Kier molecular flexibility index (Phi) is 2.58. The van der Waals surface area contributed by atoms with Gasteiger partial charge in [-0.25, -0.2) is 0 Å². The van der Waals surface area contributed by atoms with Crippen LogP contribution in [-0.2, 0) is 9.47 Å². The quantitative estimate of drug-likeness (QED) is 0.608. The van der Waals surface area contributed by atoms with Gasteiger partial charge in [-0.1, -0.05) is 12.5 Å². The zero-order valence-electron chi connectivity index (χ0n) is 7.31. The second-order valence-corrected chi connectivity index (χ2v) is 2.67. The monoisotopic (exact) mass is 154 g/mol. The van der Waals surface area contributed by atoms with Crippen LogP contribution in [0.25, 0.3) is 0 Å². The van der Waals surface area contributed by atoms with E-state index in [1.165, 1.54) is 5.57 Å². The highest BCUT2D eigenvalue weighted by molar-refractivity contribution is 5.20. The standard InChI is InChI=1S/C9H14O2/c1-4-7(2)5-9-8(3)10-6-11-9/h5H,4,6H2,1-3H3/b7-5-. The summed E-state index contributed by atoms with van der Waals surface area (Å²) in [5.74, 6) is 1.77. The Morgan fingerprint density at radius 1 is 1.55 bits per heavy atom. The number of hydrogen-bond donors (Lipinski definition) is 0. The Balaban J connectivity index is 2.68. The van der Waals surface area contributed by atoms with E-state index in [0.717, 1.165) is 17.9 Å². The van der Waals surface area contributed by atoms with Crippen LogP contribution in [0.2, 0.25) is 0 Å². The maximum absolute atomic E-state index is 5.22. The number of allylic oxidation sites excluding steroid dienone is 3. The average molecular weight is 154 g/mol. The molecule has 1 aliphatic rings. The third-order valence-electron chi connectivity index (χ3n) is 1.77. The lowest BCUT2D eigenvalue weighted by Gasteiger charge is -1.96. The summed E-state index contributed by atoms with van der Waals surface area (Å²) in [7, 11) is 0. The van der Waals surface area contributed by atoms with E-state index in [9.17, 15) is 0 Å². The summed E-state index contributed by atoms with van der Waals surface area (Å²) >= 11 is 0. The van der Waals surface area contributed by atoms with Gasteiger partial charge >= 0.3 is 0 Å². The Hall–Kier alpha value is -0.920. The molecule has 0 bridgehead atoms. The van der Waals surface area contributed by atoms with Crippen molar-refractivity contribution in [2.75, 3.05) is 6.79 Å². The lowest BCUT2D eigenvalue weighted by Crippen LogP contribution is -1.83. The lowest BCUT2D eigenvalue weighted by atomic mass is 10.2. The lowest BCUT2D eigenvalue weighted by molar-refractivity contribution is 0.0749. The van der Waals surface area contributed by atoms with E-state index in [1.807, 2.05) is 13.0 Å². The van der Waals surface area contributed by atoms with Crippen LogP contribution in [0, 0.1) is 0 Å². The van der Waals surface area contributed by atoms with Gasteiger partial charge in [0.05, 0.1) is 0 Å². The predicted octanol–water partition coefficient (Wildman–Crippen LogP) is 2.58. The largest absolute Gasteiger partial charge is 0.458 e. The van der Waals surface area contributed by atoms with E-state index in [-0.39, 0.29) is 0 Å². The molecule has 0 aromatic carbocycles. The van der Waals surface area contributed by atoms with Gasteiger partial charge in [0.15, 0.2) is 5.76 Å². The van der Waals surface area contributed by atoms with Crippen LogP contribution >= 0.6 is 0 Å². The van der Waals surface area contributed by atoms with E-state index in [0.29, 0.717) is 6.79 Å². The van der Waals surface area contributed by atoms with Crippen LogP contribution < -0.4 is 0 Å². The average Bonchev–Trinajstić information content (AvgIpc) is 2.37. The molecule has 2 heteroatoms. The highest BCUT2D eigenvalue weighted by Gasteiger charge is 2.09. The van der Waals surface area contributed by atoms with Crippen molar-refractivity contribution in [2.24, 2.45) is 0 Å². The minimum Gasteiger partial charge on any atom is -0.458 e. The molecule has 0 radical (unpaired) electrons. The molecule has 0 aromatic heterocycles. The molecule has 11 heavy (non-hydrogen) atoms. The second kappa shape index (κ2) is 3.46. The smallest absolute Gasteiger partial charge is 0.230 e. The van der Waals surface area contributed by atoms with Gasteiger partial charge in [-0.3, -0.25) is 0 Å². The summed E-state index contributed by atoms with van der Waals surface area (Å²) < 4.78 is 10.3. The van der Waals surface area contributed by atoms with Crippen LogP contribution in [0.4, 0.5) is 0 Å². The van der Waals surface area contributed by atoms with Crippen molar-refractivity contribution in [3.8, 4) is 0 Å². The molecule has 0 aliphatic carbocycles. The van der Waals surface area contributed by atoms with Gasteiger partial charge in [-0.15, -0.1) is 0 Å². The normalized spacial score (nSPS) is 18.3. The summed E-state index contributed by atoms with van der Waals surface area (Å²) in [4.78, 5) is 0. The summed E-state index contributed by atoms with van der Waals surface area (Å²) in [6.45, 7) is 6.50. The van der Waals surface area contributed by atoms with Gasteiger partial charge in [-0.2, -0.15) is 0 Å². The van der Waals surface area contributed by atoms with Crippen molar-refractivity contribution in [2.45, 2.75) is 27.2 Å². The van der Waals surface area contributed by atoms with Crippen LogP contribution in [0.15, 0.2) is 23.2 Å². The van der Waals surface area contributed by atoms with Gasteiger partial charge < -0.3 is 9.47 Å². The van der Waals surface area contributed by atoms with Crippen LogP contribution in [0.1, 0.15) is 27.2 Å². The topological polar surface area (TPSA) is 18.5 Å². The highest BCUT2D eigenvalue weighted by Crippen LogP contribution is 2.18. The fourth-order valence-corrected chi connectivity index (χ4v) is 0.823. The molecule has 0 atom stereocenters. The third kappa shape index (κ3) is 2.00. The van der Waals surface area contributed by atoms with Gasteiger partial charge in [0.25, 0.3) is 0 Å². The van der Waals surface area contributed by atoms with Crippen molar-refractivity contribution in [3.05, 3.63) is 23.2 Å². The fourth-order valence-electron chi connectivity index (χ4n) is 0.823. The van der Waals surface area contributed by atoms with Crippen molar-refractivity contribution < 1.29 is 9.47 Å². The first kappa shape index (κ1) is 8.18. The Morgan fingerprint density at radius 2 is 2.27 bits per heavy atom. The molecule has 1 rings (SSSR count). The van der Waals surface area contributed by atoms with Crippen LogP contribution in [0.3, 0.4) is 0 Å². The van der Waals surface area contributed by atoms with Crippen molar-refractivity contribution in [1.82, 2.24) is 0 Å². The SMILES string of the molecule is CC/C(C)=C\C1=C(C)OCO1. The van der Waals surface area contributed by atoms with E-state index < -0.39 is 0 Å². The molecule has 1 heterocycles. The summed E-state index contributed by atoms with van der Waals surface area (Å²) in [6, 6.07) is 0. The summed E-state index contributed by atoms with van der Waals surface area (Å²) in [5.41, 5.74) is 1.31. The van der Waals surface area contributed by atoms with Gasteiger partial charge in [-0.05, 0) is 26.3 Å². The molecule has 0 aromatic rings. The van der Waals surface area contributed by atoms with Crippen molar-refractivity contribution in [1.29, 1.82) is 0 Å². The van der Waals surface area contributed by atoms with Gasteiger partial charge in [0.1, 0.15) is 5.76 Å². The number of hydrogen-bond acceptors (Lipinski definition) is 2. The fraction of sp³-hybridized carbons (Fsp3) is 0.556. The molecule has 0 N–H and O–H groups in total. The highest BCUT2D eigenvalue weighted by atomic mass is 16.7. The zero-order chi connectivity index (χ0) is 8.27. The minimum absolute atomic E-state index is 0.370. The molecule has 0 saturated carbocycles. The first-order chi connectivity index (χ1) is 5.24. The van der Waals surface area contributed by atoms with Crippen molar-refractivity contribution >= 4 is 0 Å². The molecule has 0 saturated heterocycles. The molecule has 0 spiro atoms. The molecule has 1 aliphatic heterocycles. The van der Waals surface area contributed by atoms with Gasteiger partial charge in [0.2, 0.25) is 6.79 Å². The third-order valence-corrected chi connectivity index (χ3v) is 1.77. The van der Waals surface area contributed by atoms with Crippen molar-refractivity contribution in [3.63, 3.8) is 0 Å². The summed E-state index contributed by atoms with van der Waals surface area (Å²) in [5, 5.41) is 0. The van der Waals surface area contributed by atoms with Gasteiger partial charge in [0, 0.05) is 0 Å². The number of ether oxygens (including phenoxy) is 2. The molecule has 2 nitrogen and oxygen atoms in total. The molecular formula is C9H14O2. The minimum atomic E-state index is 0.370. The Labute approximate surface area is 67.5 Å². The maximum atomic E-state index is 5.22. The molecule has 0 fully saturated rings. The Morgan fingerprint density at radius 3 is 2.73 bits per heavy atom. The Bertz CT molecular complexity index is 202. The second-order valence-electron chi connectivity index (χ2n) is 2.67. The molecular weight excluding hydrogens is 140 g/mol. The zero-order valence-corrected chi connectivity index (χ0v) is 7.31. The maximum Gasteiger partial charge on any atom is 0.230 e.